The molecule has 2 aromatic rings. The fourth-order valence-corrected chi connectivity index (χ4v) is 2.31. The van der Waals surface area contributed by atoms with Crippen molar-refractivity contribution in [2.24, 2.45) is 0 Å². The highest BCUT2D eigenvalue weighted by atomic mass is 16.6. The van der Waals surface area contributed by atoms with E-state index in [9.17, 15) is 14.9 Å². The number of nitrogens with one attached hydrogen (secondary N) is 1. The van der Waals surface area contributed by atoms with Crippen molar-refractivity contribution in [3.05, 3.63) is 69.3 Å². The molecule has 0 saturated heterocycles. The number of para-hydroxylation sites is 1. The molecule has 0 heterocycles. The summed E-state index contributed by atoms with van der Waals surface area (Å²) in [6.07, 6.45) is -0.0272. The lowest BCUT2D eigenvalue weighted by atomic mass is 10.1. The second-order valence-electron chi connectivity index (χ2n) is 5.46. The Morgan fingerprint density at radius 2 is 1.92 bits per heavy atom. The normalized spacial score (nSPS) is 10.2. The van der Waals surface area contributed by atoms with Crippen LogP contribution in [0.4, 0.5) is 5.69 Å². The van der Waals surface area contributed by atoms with Crippen LogP contribution in [0.3, 0.4) is 0 Å². The summed E-state index contributed by atoms with van der Waals surface area (Å²) in [6.45, 7) is 4.67. The molecule has 1 N–H and O–H groups in total. The van der Waals surface area contributed by atoms with Crippen molar-refractivity contribution >= 4 is 11.6 Å². The van der Waals surface area contributed by atoms with Crippen LogP contribution in [-0.4, -0.2) is 24.0 Å². The Bertz CT molecular complexity index is 744. The summed E-state index contributed by atoms with van der Waals surface area (Å²) < 4.78 is 5.66. The van der Waals surface area contributed by atoms with Gasteiger partial charge in [-0.25, -0.2) is 0 Å². The molecule has 2 rings (SSSR count). The second kappa shape index (κ2) is 8.10. The zero-order valence-corrected chi connectivity index (χ0v) is 13.7. The van der Waals surface area contributed by atoms with E-state index < -0.39 is 4.92 Å². The number of rotatable bonds is 7. The van der Waals surface area contributed by atoms with Gasteiger partial charge in [0.2, 0.25) is 5.91 Å². The molecule has 0 fully saturated rings. The molecule has 1 amide bonds. The lowest BCUT2D eigenvalue weighted by Crippen LogP contribution is -2.29. The Morgan fingerprint density at radius 1 is 1.17 bits per heavy atom. The Kier molecular flexibility index (Phi) is 5.89. The van der Waals surface area contributed by atoms with E-state index in [1.807, 2.05) is 32.0 Å². The minimum absolute atomic E-state index is 0.0272. The van der Waals surface area contributed by atoms with Crippen LogP contribution < -0.4 is 10.1 Å². The third kappa shape index (κ3) is 4.55. The van der Waals surface area contributed by atoms with Crippen molar-refractivity contribution in [1.82, 2.24) is 5.32 Å². The molecule has 0 unspecified atom stereocenters. The van der Waals surface area contributed by atoms with Crippen LogP contribution in [0.15, 0.2) is 42.5 Å². The van der Waals surface area contributed by atoms with E-state index >= 15 is 0 Å². The summed E-state index contributed by atoms with van der Waals surface area (Å²) in [6, 6.07) is 12.1. The summed E-state index contributed by atoms with van der Waals surface area (Å²) in [5, 5.41) is 13.6. The van der Waals surface area contributed by atoms with Gasteiger partial charge >= 0.3 is 0 Å². The number of carbonyl (C=O) groups is 1. The smallest absolute Gasteiger partial charge is 0.273 e. The highest BCUT2D eigenvalue weighted by Gasteiger charge is 2.15. The molecule has 0 aromatic heterocycles. The molecular formula is C18H20N2O4. The molecule has 0 bridgehead atoms. The molecule has 0 saturated carbocycles. The number of nitrogens with zero attached hydrogens (tertiary/aromatic N) is 1. The summed E-state index contributed by atoms with van der Waals surface area (Å²) in [7, 11) is 0. The summed E-state index contributed by atoms with van der Waals surface area (Å²) in [5.74, 6) is 0.525. The number of hydrogen-bond acceptors (Lipinski definition) is 4. The van der Waals surface area contributed by atoms with Crippen molar-refractivity contribution in [3.8, 4) is 5.75 Å². The predicted molar refractivity (Wildman–Crippen MR) is 91.2 cm³/mol. The number of carbonyl (C=O) groups excluding carboxylic acids is 1. The molecule has 0 aliphatic carbocycles. The Hall–Kier alpha value is -2.89. The van der Waals surface area contributed by atoms with Crippen molar-refractivity contribution in [2.45, 2.75) is 20.3 Å². The Labute approximate surface area is 140 Å². The maximum absolute atomic E-state index is 11.9. The van der Waals surface area contributed by atoms with E-state index in [1.165, 1.54) is 6.07 Å². The number of benzene rings is 2. The van der Waals surface area contributed by atoms with Crippen LogP contribution in [0, 0.1) is 24.0 Å². The van der Waals surface area contributed by atoms with Gasteiger partial charge in [0.1, 0.15) is 12.4 Å². The van der Waals surface area contributed by atoms with Crippen LogP contribution in [0.1, 0.15) is 16.7 Å². The fraction of sp³-hybridized carbons (Fsp3) is 0.278. The summed E-state index contributed by atoms with van der Waals surface area (Å²) in [5.41, 5.74) is 2.58. The van der Waals surface area contributed by atoms with Crippen LogP contribution in [0.5, 0.6) is 5.75 Å². The molecule has 24 heavy (non-hydrogen) atoms. The summed E-state index contributed by atoms with van der Waals surface area (Å²) >= 11 is 0. The molecular weight excluding hydrogens is 308 g/mol. The molecule has 6 nitrogen and oxygen atoms in total. The third-order valence-electron chi connectivity index (χ3n) is 3.78. The van der Waals surface area contributed by atoms with E-state index in [2.05, 4.69) is 5.32 Å². The van der Waals surface area contributed by atoms with Gasteiger partial charge in [-0.15, -0.1) is 0 Å². The van der Waals surface area contributed by atoms with Crippen molar-refractivity contribution < 1.29 is 14.5 Å². The first kappa shape index (κ1) is 17.5. The van der Waals surface area contributed by atoms with Crippen LogP contribution >= 0.6 is 0 Å². The van der Waals surface area contributed by atoms with E-state index in [0.29, 0.717) is 18.7 Å². The fourth-order valence-electron chi connectivity index (χ4n) is 2.31. The van der Waals surface area contributed by atoms with Gasteiger partial charge < -0.3 is 10.1 Å². The maximum Gasteiger partial charge on any atom is 0.273 e. The highest BCUT2D eigenvalue weighted by Crippen LogP contribution is 2.20. The predicted octanol–water partition coefficient (Wildman–Crippen LogP) is 2.95. The summed E-state index contributed by atoms with van der Waals surface area (Å²) in [4.78, 5) is 22.4. The van der Waals surface area contributed by atoms with Gasteiger partial charge in [0.15, 0.2) is 0 Å². The van der Waals surface area contributed by atoms with E-state index in [-0.39, 0.29) is 18.0 Å². The highest BCUT2D eigenvalue weighted by molar-refractivity contribution is 5.79. The number of nitro groups is 1. The molecule has 0 aliphatic heterocycles. The number of aryl methyl sites for hydroxylation is 1. The average molecular weight is 328 g/mol. The number of ether oxygens (including phenoxy) is 1. The van der Waals surface area contributed by atoms with Gasteiger partial charge in [-0.1, -0.05) is 30.3 Å². The minimum Gasteiger partial charge on any atom is -0.491 e. The lowest BCUT2D eigenvalue weighted by Gasteiger charge is -2.11. The van der Waals surface area contributed by atoms with E-state index in [4.69, 9.17) is 4.74 Å². The molecule has 0 atom stereocenters. The van der Waals surface area contributed by atoms with Crippen molar-refractivity contribution in [2.75, 3.05) is 13.2 Å². The molecule has 0 radical (unpaired) electrons. The first-order chi connectivity index (χ1) is 11.5. The molecule has 0 aliphatic rings. The maximum atomic E-state index is 11.9. The quantitative estimate of drug-likeness (QED) is 0.481. The van der Waals surface area contributed by atoms with Gasteiger partial charge in [0.05, 0.1) is 17.9 Å². The molecule has 6 heteroatoms. The monoisotopic (exact) mass is 328 g/mol. The number of nitro benzene ring substituents is 1. The largest absolute Gasteiger partial charge is 0.491 e. The zero-order chi connectivity index (χ0) is 17.5. The number of hydrogen-bond donors (Lipinski definition) is 1. The third-order valence-corrected chi connectivity index (χ3v) is 3.78. The van der Waals surface area contributed by atoms with Gasteiger partial charge in [-0.05, 0) is 31.0 Å². The average Bonchev–Trinajstić information content (AvgIpc) is 2.55. The van der Waals surface area contributed by atoms with Gasteiger partial charge in [-0.3, -0.25) is 14.9 Å². The molecule has 126 valence electrons. The topological polar surface area (TPSA) is 81.5 Å². The Morgan fingerprint density at radius 3 is 2.67 bits per heavy atom. The first-order valence-corrected chi connectivity index (χ1v) is 7.67. The SMILES string of the molecule is Cc1cccc(OCCNC(=O)Cc2ccccc2[N+](=O)[O-])c1C. The standard InChI is InChI=1S/C18H20N2O4/c1-13-6-5-9-17(14(13)2)24-11-10-19-18(21)12-15-7-3-4-8-16(15)20(22)23/h3-9H,10-12H2,1-2H3,(H,19,21). The number of amides is 1. The zero-order valence-electron chi connectivity index (χ0n) is 13.7. The van der Waals surface area contributed by atoms with Gasteiger partial charge in [0.25, 0.3) is 5.69 Å². The van der Waals surface area contributed by atoms with Gasteiger partial charge in [0, 0.05) is 11.6 Å². The van der Waals surface area contributed by atoms with Crippen molar-refractivity contribution in [1.29, 1.82) is 0 Å². The van der Waals surface area contributed by atoms with Gasteiger partial charge in [-0.2, -0.15) is 0 Å². The molecule has 2 aromatic carbocycles. The van der Waals surface area contributed by atoms with E-state index in [0.717, 1.165) is 16.9 Å². The first-order valence-electron chi connectivity index (χ1n) is 7.67. The van der Waals surface area contributed by atoms with Crippen molar-refractivity contribution in [3.63, 3.8) is 0 Å². The van der Waals surface area contributed by atoms with Crippen LogP contribution in [0.2, 0.25) is 0 Å². The molecule has 0 spiro atoms. The van der Waals surface area contributed by atoms with Crippen LogP contribution in [0.25, 0.3) is 0 Å². The van der Waals surface area contributed by atoms with Crippen LogP contribution in [-0.2, 0) is 11.2 Å². The Balaban J connectivity index is 1.82. The second-order valence-corrected chi connectivity index (χ2v) is 5.46. The minimum atomic E-state index is -0.480. The lowest BCUT2D eigenvalue weighted by molar-refractivity contribution is -0.385. The van der Waals surface area contributed by atoms with E-state index in [1.54, 1.807) is 18.2 Å².